The Kier molecular flexibility index (Phi) is 5.43. The molecule has 0 bridgehead atoms. The number of hydrogen-bond acceptors (Lipinski definition) is 4. The smallest absolute Gasteiger partial charge is 0.466 e. The Morgan fingerprint density at radius 3 is 2.60 bits per heavy atom. The van der Waals surface area contributed by atoms with Crippen molar-refractivity contribution >= 4 is 17.6 Å². The van der Waals surface area contributed by atoms with Crippen LogP contribution in [0.4, 0.5) is 13.2 Å². The molecule has 0 aliphatic heterocycles. The summed E-state index contributed by atoms with van der Waals surface area (Å²) in [6.45, 7) is 1.63. The van der Waals surface area contributed by atoms with E-state index < -0.39 is 30.2 Å². The van der Waals surface area contributed by atoms with Gasteiger partial charge in [-0.05, 0) is 12.5 Å². The van der Waals surface area contributed by atoms with Crippen LogP contribution in [0.5, 0.6) is 5.88 Å². The molecule has 1 heterocycles. The van der Waals surface area contributed by atoms with E-state index in [0.29, 0.717) is 0 Å². The molecule has 0 fully saturated rings. The van der Waals surface area contributed by atoms with Crippen LogP contribution in [0.15, 0.2) is 10.9 Å². The first-order chi connectivity index (χ1) is 9.26. The molecule has 1 aromatic heterocycles. The minimum atomic E-state index is -5.00. The van der Waals surface area contributed by atoms with Gasteiger partial charge in [0.1, 0.15) is 0 Å². The molecule has 0 saturated heterocycles. The zero-order valence-electron chi connectivity index (χ0n) is 10.3. The molecular formula is C11H11ClF3NO4. The van der Waals surface area contributed by atoms with Gasteiger partial charge >= 0.3 is 12.3 Å². The van der Waals surface area contributed by atoms with Gasteiger partial charge in [0.15, 0.2) is 0 Å². The largest absolute Gasteiger partial charge is 0.574 e. The first kappa shape index (κ1) is 16.4. The second-order valence-corrected chi connectivity index (χ2v) is 3.90. The van der Waals surface area contributed by atoms with Gasteiger partial charge in [0.05, 0.1) is 13.0 Å². The van der Waals surface area contributed by atoms with Crippen molar-refractivity contribution in [3.63, 3.8) is 0 Å². The van der Waals surface area contributed by atoms with Gasteiger partial charge in [-0.1, -0.05) is 0 Å². The fourth-order valence-electron chi connectivity index (χ4n) is 1.49. The molecule has 1 rings (SSSR count). The first-order valence-corrected chi connectivity index (χ1v) is 6.02. The maximum atomic E-state index is 12.3. The summed E-state index contributed by atoms with van der Waals surface area (Å²) in [4.78, 5) is 24.5. The number of rotatable bonds is 5. The van der Waals surface area contributed by atoms with Crippen molar-refractivity contribution in [1.29, 1.82) is 0 Å². The number of hydrogen-bond donors (Lipinski definition) is 1. The van der Waals surface area contributed by atoms with Crippen LogP contribution >= 0.6 is 11.6 Å². The zero-order chi connectivity index (χ0) is 15.3. The van der Waals surface area contributed by atoms with Gasteiger partial charge in [-0.3, -0.25) is 14.6 Å². The standard InChI is InChI=1S/C11H11ClF3NO4/c1-2-19-9(18)4-7-6(5-12)3-8(17)16-10(7)20-11(13,14)15/h3H,2,4-5H2,1H3,(H,16,17). The molecule has 20 heavy (non-hydrogen) atoms. The van der Waals surface area contributed by atoms with Crippen molar-refractivity contribution in [3.8, 4) is 5.88 Å². The van der Waals surface area contributed by atoms with Crippen LogP contribution in [0.25, 0.3) is 0 Å². The highest BCUT2D eigenvalue weighted by Crippen LogP contribution is 2.26. The molecule has 5 nitrogen and oxygen atoms in total. The Morgan fingerprint density at radius 1 is 1.45 bits per heavy atom. The third-order valence-corrected chi connectivity index (χ3v) is 2.48. The molecule has 0 aliphatic carbocycles. The van der Waals surface area contributed by atoms with Crippen molar-refractivity contribution in [2.45, 2.75) is 25.6 Å². The van der Waals surface area contributed by atoms with Gasteiger partial charge in [0.25, 0.3) is 5.56 Å². The number of nitrogens with one attached hydrogen (secondary N) is 1. The van der Waals surface area contributed by atoms with E-state index in [1.54, 1.807) is 6.92 Å². The van der Waals surface area contributed by atoms with Crippen LogP contribution < -0.4 is 10.3 Å². The van der Waals surface area contributed by atoms with Crippen molar-refractivity contribution in [2.24, 2.45) is 0 Å². The molecule has 0 unspecified atom stereocenters. The third kappa shape index (κ3) is 4.76. The van der Waals surface area contributed by atoms with Gasteiger partial charge in [-0.2, -0.15) is 0 Å². The summed E-state index contributed by atoms with van der Waals surface area (Å²) in [6, 6.07) is 1.00. The fourth-order valence-corrected chi connectivity index (χ4v) is 1.73. The minimum absolute atomic E-state index is 0.0720. The summed E-state index contributed by atoms with van der Waals surface area (Å²) in [6.07, 6.45) is -5.49. The summed E-state index contributed by atoms with van der Waals surface area (Å²) in [5.74, 6) is -1.85. The first-order valence-electron chi connectivity index (χ1n) is 5.49. The highest BCUT2D eigenvalue weighted by atomic mass is 35.5. The average molecular weight is 314 g/mol. The second kappa shape index (κ2) is 6.65. The second-order valence-electron chi connectivity index (χ2n) is 3.63. The van der Waals surface area contributed by atoms with E-state index >= 15 is 0 Å². The summed E-state index contributed by atoms with van der Waals surface area (Å²) in [5.41, 5.74) is -0.898. The number of carbonyl (C=O) groups excluding carboxylic acids is 1. The Hall–Kier alpha value is -1.70. The lowest BCUT2D eigenvalue weighted by atomic mass is 10.1. The van der Waals surface area contributed by atoms with Crippen molar-refractivity contribution in [2.75, 3.05) is 6.61 Å². The molecule has 1 N–H and O–H groups in total. The zero-order valence-corrected chi connectivity index (χ0v) is 11.1. The number of aromatic nitrogens is 1. The number of halogens is 4. The van der Waals surface area contributed by atoms with E-state index in [2.05, 4.69) is 9.47 Å². The van der Waals surface area contributed by atoms with Crippen LogP contribution in [0.3, 0.4) is 0 Å². The monoisotopic (exact) mass is 313 g/mol. The molecule has 1 aromatic rings. The number of H-pyrrole nitrogens is 1. The number of esters is 1. The fraction of sp³-hybridized carbons (Fsp3) is 0.455. The third-order valence-electron chi connectivity index (χ3n) is 2.19. The number of ether oxygens (including phenoxy) is 2. The lowest BCUT2D eigenvalue weighted by molar-refractivity contribution is -0.276. The lowest BCUT2D eigenvalue weighted by Crippen LogP contribution is -2.23. The number of alkyl halides is 4. The summed E-state index contributed by atoms with van der Waals surface area (Å²) >= 11 is 5.57. The molecule has 0 radical (unpaired) electrons. The van der Waals surface area contributed by atoms with Crippen molar-refractivity contribution in [3.05, 3.63) is 27.5 Å². The minimum Gasteiger partial charge on any atom is -0.466 e. The van der Waals surface area contributed by atoms with Gasteiger partial charge in [-0.15, -0.1) is 24.8 Å². The lowest BCUT2D eigenvalue weighted by Gasteiger charge is -2.14. The van der Waals surface area contributed by atoms with Gasteiger partial charge in [-0.25, -0.2) is 0 Å². The SMILES string of the molecule is CCOC(=O)Cc1c(CCl)cc(=O)[nH]c1OC(F)(F)F. The predicted octanol–water partition coefficient (Wildman–Crippen LogP) is 2.12. The Bertz CT molecular complexity index is 541. The van der Waals surface area contributed by atoms with E-state index in [9.17, 15) is 22.8 Å². The number of pyridine rings is 1. The number of carbonyl (C=O) groups is 1. The van der Waals surface area contributed by atoms with E-state index in [0.717, 1.165) is 6.07 Å². The maximum absolute atomic E-state index is 12.3. The van der Waals surface area contributed by atoms with Gasteiger partial charge < -0.3 is 9.47 Å². The number of aromatic amines is 1. The van der Waals surface area contributed by atoms with Gasteiger partial charge in [0, 0.05) is 17.5 Å². The molecule has 0 aliphatic rings. The Morgan fingerprint density at radius 2 is 2.10 bits per heavy atom. The molecule has 0 amide bonds. The molecule has 0 atom stereocenters. The van der Waals surface area contributed by atoms with E-state index in [1.807, 2.05) is 4.98 Å². The average Bonchev–Trinajstić information content (AvgIpc) is 2.30. The van der Waals surface area contributed by atoms with E-state index in [-0.39, 0.29) is 23.6 Å². The molecule has 9 heteroatoms. The normalized spacial score (nSPS) is 11.2. The summed E-state index contributed by atoms with van der Waals surface area (Å²) in [7, 11) is 0. The van der Waals surface area contributed by atoms with Crippen molar-refractivity contribution in [1.82, 2.24) is 4.98 Å². The van der Waals surface area contributed by atoms with E-state index in [4.69, 9.17) is 11.6 Å². The van der Waals surface area contributed by atoms with Crippen LogP contribution in [0.1, 0.15) is 18.1 Å². The molecular weight excluding hydrogens is 303 g/mol. The van der Waals surface area contributed by atoms with E-state index in [1.165, 1.54) is 0 Å². The molecule has 0 aromatic carbocycles. The summed E-state index contributed by atoms with van der Waals surface area (Å²) in [5, 5.41) is 0. The molecule has 112 valence electrons. The van der Waals surface area contributed by atoms with Crippen LogP contribution in [-0.2, 0) is 21.8 Å². The van der Waals surface area contributed by atoms with Crippen LogP contribution in [0, 0.1) is 0 Å². The van der Waals surface area contributed by atoms with Crippen LogP contribution in [0.2, 0.25) is 0 Å². The highest BCUT2D eigenvalue weighted by molar-refractivity contribution is 6.17. The topological polar surface area (TPSA) is 68.4 Å². The Balaban J connectivity index is 3.22. The van der Waals surface area contributed by atoms with Crippen molar-refractivity contribution < 1.29 is 27.4 Å². The maximum Gasteiger partial charge on any atom is 0.574 e. The molecule has 0 saturated carbocycles. The predicted molar refractivity (Wildman–Crippen MR) is 63.6 cm³/mol. The quantitative estimate of drug-likeness (QED) is 0.668. The summed E-state index contributed by atoms with van der Waals surface area (Å²) < 4.78 is 45.2. The Labute approximate surface area is 116 Å². The van der Waals surface area contributed by atoms with Gasteiger partial charge in [0.2, 0.25) is 5.88 Å². The highest BCUT2D eigenvalue weighted by Gasteiger charge is 2.33. The molecule has 0 spiro atoms. The van der Waals surface area contributed by atoms with Crippen LogP contribution in [-0.4, -0.2) is 23.9 Å².